The fourth-order valence-electron chi connectivity index (χ4n) is 3.96. The maximum Gasteiger partial charge on any atom is 0.274 e. The average Bonchev–Trinajstić information content (AvgIpc) is 3.47. The van der Waals surface area contributed by atoms with E-state index in [1.165, 1.54) is 17.4 Å². The van der Waals surface area contributed by atoms with Gasteiger partial charge in [-0.15, -0.1) is 11.3 Å². The number of carbonyl (C=O) groups is 2. The van der Waals surface area contributed by atoms with Gasteiger partial charge < -0.3 is 20.3 Å². The molecule has 5 heterocycles. The summed E-state index contributed by atoms with van der Waals surface area (Å²) >= 11 is 1.40. The minimum atomic E-state index is -0.425. The lowest BCUT2D eigenvalue weighted by Crippen LogP contribution is -2.61. The van der Waals surface area contributed by atoms with Crippen LogP contribution in [0.4, 0.5) is 10.3 Å². The van der Waals surface area contributed by atoms with Crippen LogP contribution in [0.3, 0.4) is 0 Å². The maximum atomic E-state index is 13.5. The number of pyridine rings is 1. The average molecular weight is 471 g/mol. The van der Waals surface area contributed by atoms with E-state index in [1.54, 1.807) is 11.1 Å². The molecule has 0 saturated carbocycles. The number of hydrogen-bond acceptors (Lipinski definition) is 8. The van der Waals surface area contributed by atoms with Crippen LogP contribution in [-0.4, -0.2) is 64.0 Å². The molecular formula is C22H23FN6O3S. The molecule has 2 aliphatic heterocycles. The van der Waals surface area contributed by atoms with Gasteiger partial charge in [0, 0.05) is 25.9 Å². The van der Waals surface area contributed by atoms with Gasteiger partial charge in [-0.3, -0.25) is 14.6 Å². The molecule has 0 radical (unpaired) electrons. The molecule has 0 aliphatic carbocycles. The molecule has 11 heteroatoms. The van der Waals surface area contributed by atoms with Crippen LogP contribution in [0.15, 0.2) is 29.9 Å². The smallest absolute Gasteiger partial charge is 0.274 e. The zero-order valence-electron chi connectivity index (χ0n) is 18.0. The highest BCUT2D eigenvalue weighted by atomic mass is 32.1. The molecule has 0 aromatic carbocycles. The van der Waals surface area contributed by atoms with Crippen molar-refractivity contribution in [3.05, 3.63) is 47.0 Å². The first kappa shape index (κ1) is 21.7. The Kier molecular flexibility index (Phi) is 5.90. The number of fused-ring (bicyclic) bond motifs is 1. The predicted molar refractivity (Wildman–Crippen MR) is 120 cm³/mol. The summed E-state index contributed by atoms with van der Waals surface area (Å²) in [7, 11) is 0. The first-order chi connectivity index (χ1) is 16.0. The van der Waals surface area contributed by atoms with E-state index in [2.05, 4.69) is 25.6 Å². The second-order valence-electron chi connectivity index (χ2n) is 8.31. The van der Waals surface area contributed by atoms with E-state index in [-0.39, 0.29) is 35.8 Å². The molecule has 0 spiro atoms. The topological polar surface area (TPSA) is 109 Å². The lowest BCUT2D eigenvalue weighted by molar-refractivity contribution is -0.126. The zero-order valence-corrected chi connectivity index (χ0v) is 18.8. The second-order valence-corrected chi connectivity index (χ2v) is 9.23. The summed E-state index contributed by atoms with van der Waals surface area (Å²) in [5.74, 6) is -0.465. The van der Waals surface area contributed by atoms with Gasteiger partial charge in [-0.2, -0.15) is 0 Å². The minimum absolute atomic E-state index is 0.0143. The van der Waals surface area contributed by atoms with Crippen LogP contribution >= 0.6 is 11.3 Å². The van der Waals surface area contributed by atoms with Crippen molar-refractivity contribution in [2.45, 2.75) is 25.4 Å². The van der Waals surface area contributed by atoms with Crippen molar-refractivity contribution >= 4 is 39.3 Å². The molecule has 2 fully saturated rings. The summed E-state index contributed by atoms with van der Waals surface area (Å²) in [5, 5.41) is 8.00. The molecule has 3 aromatic heterocycles. The van der Waals surface area contributed by atoms with Crippen molar-refractivity contribution in [3.8, 4) is 0 Å². The summed E-state index contributed by atoms with van der Waals surface area (Å²) in [6, 6.07) is 2.85. The van der Waals surface area contributed by atoms with Crippen LogP contribution in [0.25, 0.3) is 10.2 Å². The van der Waals surface area contributed by atoms with Gasteiger partial charge >= 0.3 is 0 Å². The quantitative estimate of drug-likeness (QED) is 0.569. The highest BCUT2D eigenvalue weighted by molar-refractivity contribution is 7.17. The number of carbonyl (C=O) groups excluding carboxylic acids is 2. The summed E-state index contributed by atoms with van der Waals surface area (Å²) in [6.07, 6.45) is 3.45. The Hall–Kier alpha value is -3.18. The molecule has 0 bridgehead atoms. The molecule has 33 heavy (non-hydrogen) atoms. The van der Waals surface area contributed by atoms with E-state index in [1.807, 2.05) is 18.4 Å². The number of nitrogens with one attached hydrogen (secondary N) is 2. The van der Waals surface area contributed by atoms with Crippen LogP contribution in [-0.2, 0) is 9.53 Å². The molecule has 5 rings (SSSR count). The summed E-state index contributed by atoms with van der Waals surface area (Å²) < 4.78 is 19.5. The second kappa shape index (κ2) is 8.99. The third kappa shape index (κ3) is 4.51. The lowest BCUT2D eigenvalue weighted by atomic mass is 10.0. The number of amides is 2. The summed E-state index contributed by atoms with van der Waals surface area (Å²) in [5.41, 5.74) is 1.62. The molecule has 9 nitrogen and oxygen atoms in total. The Morgan fingerprint density at radius 3 is 2.91 bits per heavy atom. The highest BCUT2D eigenvalue weighted by Crippen LogP contribution is 2.27. The third-order valence-corrected chi connectivity index (χ3v) is 6.80. The fourth-order valence-corrected chi connectivity index (χ4v) is 4.77. The Morgan fingerprint density at radius 2 is 2.15 bits per heavy atom. The van der Waals surface area contributed by atoms with Gasteiger partial charge in [0.25, 0.3) is 5.91 Å². The van der Waals surface area contributed by atoms with Crippen molar-refractivity contribution in [1.29, 1.82) is 0 Å². The van der Waals surface area contributed by atoms with Gasteiger partial charge in [0.2, 0.25) is 11.9 Å². The molecule has 3 aromatic rings. The number of anilines is 1. The number of halogens is 1. The fraction of sp³-hybridized carbons (Fsp3) is 0.409. The monoisotopic (exact) mass is 470 g/mol. The molecule has 2 amide bonds. The van der Waals surface area contributed by atoms with Crippen LogP contribution in [0, 0.1) is 11.7 Å². The van der Waals surface area contributed by atoms with E-state index < -0.39 is 5.82 Å². The molecule has 2 N–H and O–H groups in total. The maximum absolute atomic E-state index is 13.5. The number of rotatable bonds is 6. The first-order valence-electron chi connectivity index (χ1n) is 10.8. The summed E-state index contributed by atoms with van der Waals surface area (Å²) in [4.78, 5) is 40.0. The van der Waals surface area contributed by atoms with E-state index in [4.69, 9.17) is 4.74 Å². The normalized spacial score (nSPS) is 19.3. The SMILES string of the molecule is C[C@H](Nc1nc(C(=O)N2CC(NC(=O)C3CCOC3)C2)c2sccc2n1)c1cncc(F)c1. The number of nitrogens with zero attached hydrogens (tertiary/aromatic N) is 4. The number of likely N-dealkylation sites (tertiary alicyclic amines) is 1. The minimum Gasteiger partial charge on any atom is -0.381 e. The van der Waals surface area contributed by atoms with Crippen LogP contribution in [0.2, 0.25) is 0 Å². The Morgan fingerprint density at radius 1 is 1.30 bits per heavy atom. The van der Waals surface area contributed by atoms with Gasteiger partial charge in [0.1, 0.15) is 5.82 Å². The van der Waals surface area contributed by atoms with Gasteiger partial charge in [0.05, 0.1) is 41.0 Å². The van der Waals surface area contributed by atoms with Crippen LogP contribution in [0.1, 0.15) is 35.4 Å². The van der Waals surface area contributed by atoms with Crippen LogP contribution < -0.4 is 10.6 Å². The Labute approximate surface area is 193 Å². The van der Waals surface area contributed by atoms with Crippen molar-refractivity contribution in [2.24, 2.45) is 5.92 Å². The van der Waals surface area contributed by atoms with E-state index >= 15 is 0 Å². The Balaban J connectivity index is 1.28. The van der Waals surface area contributed by atoms with Gasteiger partial charge in [0.15, 0.2) is 5.69 Å². The number of aromatic nitrogens is 3. The van der Waals surface area contributed by atoms with Crippen molar-refractivity contribution in [3.63, 3.8) is 0 Å². The van der Waals surface area contributed by atoms with Crippen molar-refractivity contribution in [1.82, 2.24) is 25.2 Å². The van der Waals surface area contributed by atoms with E-state index in [9.17, 15) is 14.0 Å². The largest absolute Gasteiger partial charge is 0.381 e. The number of ether oxygens (including phenoxy) is 1. The zero-order chi connectivity index (χ0) is 22.9. The van der Waals surface area contributed by atoms with Crippen LogP contribution in [0.5, 0.6) is 0 Å². The predicted octanol–water partition coefficient (Wildman–Crippen LogP) is 2.38. The Bertz CT molecular complexity index is 1190. The van der Waals surface area contributed by atoms with Gasteiger partial charge in [-0.25, -0.2) is 14.4 Å². The molecule has 1 unspecified atom stereocenters. The van der Waals surface area contributed by atoms with Gasteiger partial charge in [-0.05, 0) is 36.4 Å². The molecule has 2 saturated heterocycles. The van der Waals surface area contributed by atoms with Crippen molar-refractivity contribution in [2.75, 3.05) is 31.6 Å². The number of thiophene rings is 1. The molecule has 2 aliphatic rings. The molecule has 172 valence electrons. The molecular weight excluding hydrogens is 447 g/mol. The summed E-state index contributed by atoms with van der Waals surface area (Å²) in [6.45, 7) is 3.78. The highest BCUT2D eigenvalue weighted by Gasteiger charge is 2.36. The van der Waals surface area contributed by atoms with Gasteiger partial charge in [-0.1, -0.05) is 0 Å². The lowest BCUT2D eigenvalue weighted by Gasteiger charge is -2.39. The first-order valence-corrected chi connectivity index (χ1v) is 11.7. The molecule has 2 atom stereocenters. The van der Waals surface area contributed by atoms with E-state index in [0.717, 1.165) is 12.6 Å². The van der Waals surface area contributed by atoms with E-state index in [0.29, 0.717) is 47.8 Å². The third-order valence-electron chi connectivity index (χ3n) is 5.89. The number of hydrogen-bond donors (Lipinski definition) is 2. The van der Waals surface area contributed by atoms with Crippen molar-refractivity contribution < 1.29 is 18.7 Å². The standard InChI is InChI=1S/C22H23FN6O3S/c1-12(14-6-15(23)8-24-7-14)25-22-27-17-3-5-33-19(17)18(28-22)21(31)29-9-16(10-29)26-20(30)13-2-4-32-11-13/h3,5-8,12-13,16H,2,4,9-11H2,1H3,(H,26,30)(H,25,27,28)/t12-,13?/m0/s1.